The molecule has 0 N–H and O–H groups in total. The van der Waals surface area contributed by atoms with E-state index in [9.17, 15) is 0 Å². The van der Waals surface area contributed by atoms with Gasteiger partial charge in [0.25, 0.3) is 0 Å². The minimum absolute atomic E-state index is 0.573. The highest BCUT2D eigenvalue weighted by atomic mass is 35.5. The second kappa shape index (κ2) is 8.53. The predicted octanol–water partition coefficient (Wildman–Crippen LogP) is 8.11. The number of hydrogen-bond donors (Lipinski definition) is 0. The standard InChI is InChI=1S/C27H26Cl2N2/c1-16-6-8-21(12-18(16)3)26-20(5)27(22-9-7-17(2)19(4)13-22)31(30-26)15-23-10-11-24(28)14-25(23)29/h6-14H,15H2,1-5H3. The van der Waals surface area contributed by atoms with Crippen LogP contribution < -0.4 is 0 Å². The first-order valence-electron chi connectivity index (χ1n) is 10.4. The van der Waals surface area contributed by atoms with E-state index in [0.717, 1.165) is 33.6 Å². The van der Waals surface area contributed by atoms with E-state index in [1.54, 1.807) is 6.07 Å². The van der Waals surface area contributed by atoms with Crippen LogP contribution in [0.3, 0.4) is 0 Å². The van der Waals surface area contributed by atoms with Gasteiger partial charge in [0, 0.05) is 26.7 Å². The number of benzene rings is 3. The molecule has 0 saturated carbocycles. The third-order valence-electron chi connectivity index (χ3n) is 6.09. The van der Waals surface area contributed by atoms with Gasteiger partial charge in [0.2, 0.25) is 0 Å². The SMILES string of the molecule is Cc1ccc(-c2nn(Cc3ccc(Cl)cc3Cl)c(-c3ccc(C)c(C)c3)c2C)cc1C. The number of halogens is 2. The van der Waals surface area contributed by atoms with E-state index in [1.807, 2.05) is 12.1 Å². The summed E-state index contributed by atoms with van der Waals surface area (Å²) >= 11 is 12.6. The minimum atomic E-state index is 0.573. The van der Waals surface area contributed by atoms with Crippen LogP contribution in [-0.4, -0.2) is 9.78 Å². The van der Waals surface area contributed by atoms with Crippen LogP contribution in [0.25, 0.3) is 22.5 Å². The molecule has 0 saturated heterocycles. The summed E-state index contributed by atoms with van der Waals surface area (Å²) in [6.45, 7) is 11.3. The summed E-state index contributed by atoms with van der Waals surface area (Å²) in [5, 5.41) is 6.35. The lowest BCUT2D eigenvalue weighted by Crippen LogP contribution is -2.05. The normalized spacial score (nSPS) is 11.2. The molecule has 0 bridgehead atoms. The van der Waals surface area contributed by atoms with E-state index in [4.69, 9.17) is 28.3 Å². The van der Waals surface area contributed by atoms with Gasteiger partial charge in [-0.05, 0) is 86.7 Å². The predicted molar refractivity (Wildman–Crippen MR) is 132 cm³/mol. The lowest BCUT2D eigenvalue weighted by molar-refractivity contribution is 0.696. The molecule has 1 heterocycles. The van der Waals surface area contributed by atoms with Crippen LogP contribution in [0.1, 0.15) is 33.4 Å². The summed E-state index contributed by atoms with van der Waals surface area (Å²) in [6, 6.07) is 18.8. The molecule has 4 heteroatoms. The summed E-state index contributed by atoms with van der Waals surface area (Å²) in [6.07, 6.45) is 0. The van der Waals surface area contributed by atoms with Gasteiger partial charge in [-0.15, -0.1) is 0 Å². The third kappa shape index (κ3) is 4.28. The summed E-state index contributed by atoms with van der Waals surface area (Å²) in [5.41, 5.74) is 11.7. The first kappa shape index (κ1) is 21.7. The molecule has 31 heavy (non-hydrogen) atoms. The molecule has 0 amide bonds. The van der Waals surface area contributed by atoms with Crippen LogP contribution in [0, 0.1) is 34.6 Å². The van der Waals surface area contributed by atoms with Crippen molar-refractivity contribution >= 4 is 23.2 Å². The van der Waals surface area contributed by atoms with Crippen molar-refractivity contribution in [3.05, 3.63) is 98.0 Å². The average molecular weight is 449 g/mol. The summed E-state index contributed by atoms with van der Waals surface area (Å²) in [5.74, 6) is 0. The molecule has 3 aromatic carbocycles. The Labute approximate surface area is 194 Å². The highest BCUT2D eigenvalue weighted by Crippen LogP contribution is 2.34. The van der Waals surface area contributed by atoms with E-state index >= 15 is 0 Å². The largest absolute Gasteiger partial charge is 0.259 e. The fourth-order valence-electron chi connectivity index (χ4n) is 3.89. The van der Waals surface area contributed by atoms with Crippen LogP contribution >= 0.6 is 23.2 Å². The van der Waals surface area contributed by atoms with Crippen LogP contribution in [0.2, 0.25) is 10.0 Å². The topological polar surface area (TPSA) is 17.8 Å². The van der Waals surface area contributed by atoms with E-state index in [1.165, 1.54) is 22.3 Å². The fourth-order valence-corrected chi connectivity index (χ4v) is 4.36. The van der Waals surface area contributed by atoms with Crippen molar-refractivity contribution in [3.63, 3.8) is 0 Å². The Hall–Kier alpha value is -2.55. The molecule has 0 spiro atoms. The Kier molecular flexibility index (Phi) is 5.96. The van der Waals surface area contributed by atoms with Gasteiger partial charge in [0.15, 0.2) is 0 Å². The quantitative estimate of drug-likeness (QED) is 0.308. The smallest absolute Gasteiger partial charge is 0.0959 e. The Morgan fingerprint density at radius 2 is 1.32 bits per heavy atom. The monoisotopic (exact) mass is 448 g/mol. The van der Waals surface area contributed by atoms with Gasteiger partial charge in [-0.2, -0.15) is 5.10 Å². The lowest BCUT2D eigenvalue weighted by Gasteiger charge is -2.12. The molecule has 158 valence electrons. The van der Waals surface area contributed by atoms with Crippen molar-refractivity contribution in [2.75, 3.05) is 0 Å². The number of rotatable bonds is 4. The van der Waals surface area contributed by atoms with Crippen LogP contribution in [0.4, 0.5) is 0 Å². The first-order chi connectivity index (χ1) is 14.7. The molecule has 1 aromatic heterocycles. The molecule has 0 fully saturated rings. The average Bonchev–Trinajstić information content (AvgIpc) is 3.04. The van der Waals surface area contributed by atoms with Gasteiger partial charge in [-0.1, -0.05) is 53.5 Å². The van der Waals surface area contributed by atoms with Gasteiger partial charge >= 0.3 is 0 Å². The number of aryl methyl sites for hydroxylation is 4. The van der Waals surface area contributed by atoms with Gasteiger partial charge in [-0.3, -0.25) is 4.68 Å². The molecule has 0 aliphatic rings. The molecule has 0 aliphatic carbocycles. The van der Waals surface area contributed by atoms with Gasteiger partial charge in [0.05, 0.1) is 17.9 Å². The number of hydrogen-bond acceptors (Lipinski definition) is 1. The minimum Gasteiger partial charge on any atom is -0.259 e. The molecule has 0 aliphatic heterocycles. The number of nitrogens with zero attached hydrogens (tertiary/aromatic N) is 2. The zero-order chi connectivity index (χ0) is 22.3. The van der Waals surface area contributed by atoms with Gasteiger partial charge < -0.3 is 0 Å². The van der Waals surface area contributed by atoms with E-state index in [-0.39, 0.29) is 0 Å². The van der Waals surface area contributed by atoms with E-state index in [0.29, 0.717) is 16.6 Å². The van der Waals surface area contributed by atoms with Crippen molar-refractivity contribution in [2.24, 2.45) is 0 Å². The van der Waals surface area contributed by atoms with Crippen molar-refractivity contribution in [3.8, 4) is 22.5 Å². The zero-order valence-electron chi connectivity index (χ0n) is 18.6. The second-order valence-electron chi connectivity index (χ2n) is 8.31. The third-order valence-corrected chi connectivity index (χ3v) is 6.67. The van der Waals surface area contributed by atoms with Gasteiger partial charge in [0.1, 0.15) is 0 Å². The van der Waals surface area contributed by atoms with Crippen molar-refractivity contribution in [1.29, 1.82) is 0 Å². The maximum atomic E-state index is 6.50. The van der Waals surface area contributed by atoms with Crippen LogP contribution in [0.5, 0.6) is 0 Å². The fraction of sp³-hybridized carbons (Fsp3) is 0.222. The Morgan fingerprint density at radius 1 is 0.710 bits per heavy atom. The second-order valence-corrected chi connectivity index (χ2v) is 9.16. The van der Waals surface area contributed by atoms with Crippen LogP contribution in [0.15, 0.2) is 54.6 Å². The summed E-state index contributed by atoms with van der Waals surface area (Å²) in [4.78, 5) is 0. The lowest BCUT2D eigenvalue weighted by atomic mass is 9.98. The molecule has 4 rings (SSSR count). The molecular formula is C27H26Cl2N2. The maximum Gasteiger partial charge on any atom is 0.0959 e. The Bertz CT molecular complexity index is 1280. The van der Waals surface area contributed by atoms with Crippen LogP contribution in [-0.2, 0) is 6.54 Å². The first-order valence-corrected chi connectivity index (χ1v) is 11.2. The van der Waals surface area contributed by atoms with Crippen molar-refractivity contribution in [2.45, 2.75) is 41.2 Å². The number of aromatic nitrogens is 2. The molecule has 2 nitrogen and oxygen atoms in total. The zero-order valence-corrected chi connectivity index (χ0v) is 20.1. The maximum absolute atomic E-state index is 6.50. The highest BCUT2D eigenvalue weighted by Gasteiger charge is 2.19. The molecule has 0 atom stereocenters. The molecule has 0 radical (unpaired) electrons. The Balaban J connectivity index is 1.90. The molecule has 4 aromatic rings. The molecule has 0 unspecified atom stereocenters. The highest BCUT2D eigenvalue weighted by molar-refractivity contribution is 6.35. The van der Waals surface area contributed by atoms with Crippen molar-refractivity contribution in [1.82, 2.24) is 9.78 Å². The van der Waals surface area contributed by atoms with E-state index < -0.39 is 0 Å². The summed E-state index contributed by atoms with van der Waals surface area (Å²) < 4.78 is 2.07. The summed E-state index contributed by atoms with van der Waals surface area (Å²) in [7, 11) is 0. The molecular weight excluding hydrogens is 423 g/mol. The Morgan fingerprint density at radius 3 is 1.94 bits per heavy atom. The van der Waals surface area contributed by atoms with Crippen molar-refractivity contribution < 1.29 is 0 Å². The van der Waals surface area contributed by atoms with Gasteiger partial charge in [-0.25, -0.2) is 0 Å². The van der Waals surface area contributed by atoms with E-state index in [2.05, 4.69) is 75.7 Å².